The lowest BCUT2D eigenvalue weighted by Crippen LogP contribution is -2.44. The number of halogens is 2. The molecule has 0 radical (unpaired) electrons. The van der Waals surface area contributed by atoms with Crippen molar-refractivity contribution in [3.05, 3.63) is 29.6 Å². The molecule has 1 fully saturated rings. The highest BCUT2D eigenvalue weighted by Crippen LogP contribution is 2.23. The van der Waals surface area contributed by atoms with Gasteiger partial charge in [-0.25, -0.2) is 4.39 Å². The topological polar surface area (TPSA) is 29.5 Å². The summed E-state index contributed by atoms with van der Waals surface area (Å²) < 4.78 is 18.3. The molecule has 0 bridgehead atoms. The molecule has 1 aliphatic heterocycles. The number of ether oxygens (including phenoxy) is 1. The molecule has 0 aliphatic carbocycles. The Morgan fingerprint density at radius 1 is 1.53 bits per heavy atom. The zero-order valence-corrected chi connectivity index (χ0v) is 11.6. The standard InChI is InChI=1S/C14H17ClFNO2/c1-19-13-8-10(5-6-12(13)16)14(18)17-7-3-2-4-11(17)9-15/h5-6,8,11H,2-4,7,9H2,1H3. The number of likely N-dealkylation sites (tertiary alicyclic amines) is 1. The van der Waals surface area contributed by atoms with Gasteiger partial charge in [0.2, 0.25) is 0 Å². The van der Waals surface area contributed by atoms with Crippen LogP contribution in [0.1, 0.15) is 29.6 Å². The van der Waals surface area contributed by atoms with Crippen molar-refractivity contribution in [1.82, 2.24) is 4.90 Å². The molecule has 1 saturated heterocycles. The number of rotatable bonds is 3. The van der Waals surface area contributed by atoms with Gasteiger partial charge < -0.3 is 9.64 Å². The van der Waals surface area contributed by atoms with Crippen LogP contribution in [0.15, 0.2) is 18.2 Å². The molecule has 1 aliphatic rings. The maximum absolute atomic E-state index is 13.3. The van der Waals surface area contributed by atoms with Gasteiger partial charge in [-0.15, -0.1) is 11.6 Å². The minimum Gasteiger partial charge on any atom is -0.494 e. The molecule has 1 atom stereocenters. The molecule has 0 saturated carbocycles. The third-order valence-corrected chi connectivity index (χ3v) is 3.82. The summed E-state index contributed by atoms with van der Waals surface area (Å²) in [5, 5.41) is 0. The molecule has 1 aromatic rings. The average molecular weight is 286 g/mol. The number of carbonyl (C=O) groups excluding carboxylic acids is 1. The van der Waals surface area contributed by atoms with Gasteiger partial charge in [0.1, 0.15) is 0 Å². The molecule has 1 amide bonds. The Morgan fingerprint density at radius 3 is 3.00 bits per heavy atom. The number of benzene rings is 1. The number of amides is 1. The number of alkyl halides is 1. The molecular formula is C14H17ClFNO2. The molecule has 19 heavy (non-hydrogen) atoms. The van der Waals surface area contributed by atoms with Gasteiger partial charge in [-0.1, -0.05) is 0 Å². The fourth-order valence-corrected chi connectivity index (χ4v) is 2.71. The lowest BCUT2D eigenvalue weighted by molar-refractivity contribution is 0.0638. The van der Waals surface area contributed by atoms with Crippen LogP contribution in [0.5, 0.6) is 5.75 Å². The number of hydrogen-bond acceptors (Lipinski definition) is 2. The van der Waals surface area contributed by atoms with Crippen molar-refractivity contribution in [2.75, 3.05) is 19.5 Å². The van der Waals surface area contributed by atoms with E-state index in [4.69, 9.17) is 16.3 Å². The van der Waals surface area contributed by atoms with E-state index in [1.165, 1.54) is 25.3 Å². The van der Waals surface area contributed by atoms with Gasteiger partial charge in [-0.3, -0.25) is 4.79 Å². The van der Waals surface area contributed by atoms with Crippen molar-refractivity contribution in [2.24, 2.45) is 0 Å². The zero-order chi connectivity index (χ0) is 13.8. The molecule has 3 nitrogen and oxygen atoms in total. The summed E-state index contributed by atoms with van der Waals surface area (Å²) >= 11 is 5.91. The van der Waals surface area contributed by atoms with Crippen LogP contribution in [0.2, 0.25) is 0 Å². The van der Waals surface area contributed by atoms with Crippen LogP contribution in [0.3, 0.4) is 0 Å². The van der Waals surface area contributed by atoms with E-state index in [0.29, 0.717) is 18.0 Å². The van der Waals surface area contributed by atoms with Gasteiger partial charge in [0.15, 0.2) is 11.6 Å². The number of methoxy groups -OCH3 is 1. The van der Waals surface area contributed by atoms with E-state index in [-0.39, 0.29) is 17.7 Å². The highest BCUT2D eigenvalue weighted by atomic mass is 35.5. The largest absolute Gasteiger partial charge is 0.494 e. The summed E-state index contributed by atoms with van der Waals surface area (Å²) in [6.07, 6.45) is 3.00. The van der Waals surface area contributed by atoms with Crippen molar-refractivity contribution >= 4 is 17.5 Å². The van der Waals surface area contributed by atoms with Crippen LogP contribution in [-0.2, 0) is 0 Å². The fraction of sp³-hybridized carbons (Fsp3) is 0.500. The van der Waals surface area contributed by atoms with Crippen molar-refractivity contribution in [1.29, 1.82) is 0 Å². The highest BCUT2D eigenvalue weighted by Gasteiger charge is 2.27. The minimum atomic E-state index is -0.466. The van der Waals surface area contributed by atoms with Crippen molar-refractivity contribution < 1.29 is 13.9 Å². The van der Waals surface area contributed by atoms with Crippen LogP contribution in [0.4, 0.5) is 4.39 Å². The van der Waals surface area contributed by atoms with E-state index in [1.807, 2.05) is 0 Å². The second-order valence-electron chi connectivity index (χ2n) is 4.65. The summed E-state index contributed by atoms with van der Waals surface area (Å²) in [6.45, 7) is 0.704. The molecule has 5 heteroatoms. The van der Waals surface area contributed by atoms with Crippen molar-refractivity contribution in [3.8, 4) is 5.75 Å². The number of nitrogens with zero attached hydrogens (tertiary/aromatic N) is 1. The Kier molecular flexibility index (Phi) is 4.64. The van der Waals surface area contributed by atoms with Crippen molar-refractivity contribution in [3.63, 3.8) is 0 Å². The molecule has 1 heterocycles. The predicted octanol–water partition coefficient (Wildman–Crippen LogP) is 3.07. The first-order chi connectivity index (χ1) is 9.17. The average Bonchev–Trinajstić information content (AvgIpc) is 2.47. The maximum Gasteiger partial charge on any atom is 0.254 e. The predicted molar refractivity (Wildman–Crippen MR) is 72.3 cm³/mol. The summed E-state index contributed by atoms with van der Waals surface area (Å²) in [7, 11) is 1.38. The van der Waals surface area contributed by atoms with Gasteiger partial charge in [0.25, 0.3) is 5.91 Å². The van der Waals surface area contributed by atoms with E-state index >= 15 is 0 Å². The number of carbonyl (C=O) groups is 1. The first-order valence-electron chi connectivity index (χ1n) is 6.38. The van der Waals surface area contributed by atoms with E-state index in [2.05, 4.69) is 0 Å². The molecule has 2 rings (SSSR count). The Labute approximate surface area is 117 Å². The molecular weight excluding hydrogens is 269 g/mol. The lowest BCUT2D eigenvalue weighted by Gasteiger charge is -2.34. The molecule has 104 valence electrons. The van der Waals surface area contributed by atoms with E-state index in [0.717, 1.165) is 19.3 Å². The highest BCUT2D eigenvalue weighted by molar-refractivity contribution is 6.18. The second-order valence-corrected chi connectivity index (χ2v) is 4.96. The van der Waals surface area contributed by atoms with Crippen LogP contribution < -0.4 is 4.74 Å². The quantitative estimate of drug-likeness (QED) is 0.799. The van der Waals surface area contributed by atoms with Crippen LogP contribution >= 0.6 is 11.6 Å². The molecule has 0 N–H and O–H groups in total. The Bertz CT molecular complexity index is 467. The number of hydrogen-bond donors (Lipinski definition) is 0. The summed E-state index contributed by atoms with van der Waals surface area (Å²) in [5.74, 6) is -0.0510. The Balaban J connectivity index is 2.22. The molecule has 1 unspecified atom stereocenters. The van der Waals surface area contributed by atoms with Gasteiger partial charge >= 0.3 is 0 Å². The smallest absolute Gasteiger partial charge is 0.254 e. The first kappa shape index (κ1) is 14.1. The van der Waals surface area contributed by atoms with Crippen LogP contribution in [0.25, 0.3) is 0 Å². The maximum atomic E-state index is 13.3. The van der Waals surface area contributed by atoms with E-state index in [1.54, 1.807) is 4.90 Å². The van der Waals surface area contributed by atoms with E-state index in [9.17, 15) is 9.18 Å². The normalized spacial score (nSPS) is 19.3. The SMILES string of the molecule is COc1cc(C(=O)N2CCCCC2CCl)ccc1F. The summed E-state index contributed by atoms with van der Waals surface area (Å²) in [5.41, 5.74) is 0.440. The van der Waals surface area contributed by atoms with Gasteiger partial charge in [-0.05, 0) is 37.5 Å². The number of piperidine rings is 1. The minimum absolute atomic E-state index is 0.0685. The van der Waals surface area contributed by atoms with Gasteiger partial charge in [0.05, 0.1) is 7.11 Å². The summed E-state index contributed by atoms with van der Waals surface area (Å²) in [6, 6.07) is 4.25. The first-order valence-corrected chi connectivity index (χ1v) is 6.91. The molecule has 1 aromatic carbocycles. The monoisotopic (exact) mass is 285 g/mol. The van der Waals surface area contributed by atoms with Crippen LogP contribution in [0, 0.1) is 5.82 Å². The van der Waals surface area contributed by atoms with Gasteiger partial charge in [0, 0.05) is 24.0 Å². The van der Waals surface area contributed by atoms with Crippen molar-refractivity contribution in [2.45, 2.75) is 25.3 Å². The van der Waals surface area contributed by atoms with Crippen LogP contribution in [-0.4, -0.2) is 36.4 Å². The van der Waals surface area contributed by atoms with E-state index < -0.39 is 5.82 Å². The Hall–Kier alpha value is -1.29. The second kappa shape index (κ2) is 6.24. The third kappa shape index (κ3) is 3.00. The van der Waals surface area contributed by atoms with Gasteiger partial charge in [-0.2, -0.15) is 0 Å². The molecule has 0 aromatic heterocycles. The fourth-order valence-electron chi connectivity index (χ4n) is 2.39. The third-order valence-electron chi connectivity index (χ3n) is 3.46. The summed E-state index contributed by atoms with van der Waals surface area (Å²) in [4.78, 5) is 14.2. The molecule has 0 spiro atoms. The Morgan fingerprint density at radius 2 is 2.32 bits per heavy atom. The lowest BCUT2D eigenvalue weighted by atomic mass is 10.0. The zero-order valence-electron chi connectivity index (χ0n) is 10.9.